The number of hydrogen-bond donors (Lipinski definition) is 1. The number of amides is 2. The van der Waals surface area contributed by atoms with Crippen LogP contribution in [0.25, 0.3) is 0 Å². The molecule has 0 aromatic heterocycles. The zero-order valence-electron chi connectivity index (χ0n) is 17.7. The van der Waals surface area contributed by atoms with Crippen LogP contribution in [0.4, 0.5) is 28.9 Å². The van der Waals surface area contributed by atoms with E-state index < -0.39 is 46.6 Å². The molecule has 1 heterocycles. The highest BCUT2D eigenvalue weighted by Gasteiger charge is 2.33. The number of halogens is 4. The lowest BCUT2D eigenvalue weighted by atomic mass is 10.1. The van der Waals surface area contributed by atoms with Crippen molar-refractivity contribution in [2.75, 3.05) is 44.6 Å². The first-order valence-electron chi connectivity index (χ1n) is 10.1. The maximum Gasteiger partial charge on any atom is 0.418 e. The third-order valence-corrected chi connectivity index (χ3v) is 5.07. The van der Waals surface area contributed by atoms with E-state index in [4.69, 9.17) is 4.74 Å². The maximum atomic E-state index is 13.4. The van der Waals surface area contributed by atoms with Crippen molar-refractivity contribution < 1.29 is 36.8 Å². The Morgan fingerprint density at radius 2 is 1.76 bits per heavy atom. The third-order valence-electron chi connectivity index (χ3n) is 5.07. The molecule has 1 aliphatic heterocycles. The van der Waals surface area contributed by atoms with E-state index in [2.05, 4.69) is 5.32 Å². The number of rotatable bonds is 7. The van der Waals surface area contributed by atoms with Gasteiger partial charge in [0.1, 0.15) is 5.82 Å². The number of benzene rings is 2. The molecule has 0 spiro atoms. The predicted molar refractivity (Wildman–Crippen MR) is 112 cm³/mol. The van der Waals surface area contributed by atoms with Gasteiger partial charge in [-0.05, 0) is 18.2 Å². The minimum Gasteiger partial charge on any atom is -0.477 e. The second-order valence-corrected chi connectivity index (χ2v) is 7.41. The number of alkyl halides is 3. The van der Waals surface area contributed by atoms with Crippen LogP contribution in [0.15, 0.2) is 42.5 Å². The van der Waals surface area contributed by atoms with Crippen LogP contribution in [0.2, 0.25) is 0 Å². The van der Waals surface area contributed by atoms with Crippen molar-refractivity contribution in [3.8, 4) is 5.75 Å². The zero-order chi connectivity index (χ0) is 24.9. The van der Waals surface area contributed by atoms with Crippen molar-refractivity contribution in [2.45, 2.75) is 6.18 Å². The molecule has 1 fully saturated rings. The van der Waals surface area contributed by atoms with Crippen molar-refractivity contribution >= 4 is 23.2 Å². The molecule has 34 heavy (non-hydrogen) atoms. The van der Waals surface area contributed by atoms with Gasteiger partial charge in [0.25, 0.3) is 5.91 Å². The van der Waals surface area contributed by atoms with Gasteiger partial charge in [-0.3, -0.25) is 24.6 Å². The van der Waals surface area contributed by atoms with Gasteiger partial charge >= 0.3 is 11.9 Å². The molecule has 1 N–H and O–H groups in total. The van der Waals surface area contributed by atoms with E-state index in [0.29, 0.717) is 0 Å². The lowest BCUT2D eigenvalue weighted by molar-refractivity contribution is -0.385. The lowest BCUT2D eigenvalue weighted by Gasteiger charge is -2.34. The molecule has 2 amide bonds. The smallest absolute Gasteiger partial charge is 0.418 e. The molecule has 0 atom stereocenters. The van der Waals surface area contributed by atoms with Gasteiger partial charge in [0, 0.05) is 38.3 Å². The normalized spacial score (nSPS) is 14.5. The summed E-state index contributed by atoms with van der Waals surface area (Å²) in [5, 5.41) is 13.3. The summed E-state index contributed by atoms with van der Waals surface area (Å²) < 4.78 is 57.7. The number of piperazine rings is 1. The summed E-state index contributed by atoms with van der Waals surface area (Å²) in [6, 6.07) is 7.32. The van der Waals surface area contributed by atoms with Gasteiger partial charge in [0.05, 0.1) is 22.7 Å². The van der Waals surface area contributed by atoms with E-state index in [1.165, 1.54) is 23.1 Å². The summed E-state index contributed by atoms with van der Waals surface area (Å²) in [5.74, 6) is -2.23. The number of ether oxygens (including phenoxy) is 1. The average molecular weight is 484 g/mol. The van der Waals surface area contributed by atoms with Crippen molar-refractivity contribution in [1.82, 2.24) is 9.80 Å². The number of carbonyl (C=O) groups is 2. The van der Waals surface area contributed by atoms with Gasteiger partial charge in [-0.25, -0.2) is 4.39 Å². The van der Waals surface area contributed by atoms with Gasteiger partial charge in [0.2, 0.25) is 11.7 Å². The summed E-state index contributed by atoms with van der Waals surface area (Å²) in [4.78, 5) is 38.0. The third kappa shape index (κ3) is 6.41. The minimum atomic E-state index is -4.61. The first kappa shape index (κ1) is 24.9. The fourth-order valence-corrected chi connectivity index (χ4v) is 3.37. The minimum absolute atomic E-state index is 0.166. The van der Waals surface area contributed by atoms with Crippen LogP contribution >= 0.6 is 0 Å². The van der Waals surface area contributed by atoms with Crippen LogP contribution in [0.3, 0.4) is 0 Å². The molecule has 1 aliphatic rings. The summed E-state index contributed by atoms with van der Waals surface area (Å²) in [7, 11) is 0. The molecule has 0 radical (unpaired) electrons. The highest BCUT2D eigenvalue weighted by Crippen LogP contribution is 2.34. The molecule has 2 aromatic rings. The fraction of sp³-hybridized carbons (Fsp3) is 0.333. The fourth-order valence-electron chi connectivity index (χ4n) is 3.37. The lowest BCUT2D eigenvalue weighted by Crippen LogP contribution is -2.51. The average Bonchev–Trinajstić information content (AvgIpc) is 2.77. The molecule has 1 saturated heterocycles. The van der Waals surface area contributed by atoms with Crippen LogP contribution in [-0.2, 0) is 15.8 Å². The van der Waals surface area contributed by atoms with Gasteiger partial charge < -0.3 is 15.0 Å². The highest BCUT2D eigenvalue weighted by atomic mass is 19.4. The number of nitrogens with zero attached hydrogens (tertiary/aromatic N) is 3. The molecular formula is C21H20F4N4O5. The number of anilines is 1. The Labute approximate surface area is 191 Å². The first-order valence-corrected chi connectivity index (χ1v) is 10.1. The van der Waals surface area contributed by atoms with Crippen LogP contribution < -0.4 is 10.1 Å². The molecule has 0 aliphatic carbocycles. The Kier molecular flexibility index (Phi) is 7.66. The summed E-state index contributed by atoms with van der Waals surface area (Å²) >= 11 is 0. The van der Waals surface area contributed by atoms with E-state index >= 15 is 0 Å². The van der Waals surface area contributed by atoms with E-state index in [1.807, 2.05) is 0 Å². The Morgan fingerprint density at radius 1 is 1.09 bits per heavy atom. The van der Waals surface area contributed by atoms with E-state index in [0.717, 1.165) is 24.3 Å². The number of para-hydroxylation sites is 1. The Morgan fingerprint density at radius 3 is 2.41 bits per heavy atom. The van der Waals surface area contributed by atoms with Gasteiger partial charge in [-0.15, -0.1) is 0 Å². The standard InChI is InChI=1S/C21H20F4N4O5/c22-14-5-6-17(29(32)33)18(11-14)34-13-20(31)28-9-7-27(8-10-28)12-19(30)26-16-4-2-1-3-15(16)21(23,24)25/h1-6,11H,7-10,12-13H2,(H,26,30). The van der Waals surface area contributed by atoms with Crippen molar-refractivity contribution in [1.29, 1.82) is 0 Å². The SMILES string of the molecule is O=C(CN1CCN(C(=O)COc2cc(F)ccc2[N+](=O)[O-])CC1)Nc1ccccc1C(F)(F)F. The maximum absolute atomic E-state index is 13.4. The van der Waals surface area contributed by atoms with E-state index in [9.17, 15) is 37.3 Å². The van der Waals surface area contributed by atoms with E-state index in [-0.39, 0.29) is 44.2 Å². The summed E-state index contributed by atoms with van der Waals surface area (Å²) in [5.41, 5.74) is -1.76. The molecule has 13 heteroatoms. The number of carbonyl (C=O) groups excluding carboxylic acids is 2. The van der Waals surface area contributed by atoms with Gasteiger partial charge in [-0.2, -0.15) is 13.2 Å². The predicted octanol–water partition coefficient (Wildman–Crippen LogP) is 2.91. The molecule has 9 nitrogen and oxygen atoms in total. The monoisotopic (exact) mass is 484 g/mol. The zero-order valence-corrected chi connectivity index (χ0v) is 17.7. The van der Waals surface area contributed by atoms with E-state index in [1.54, 1.807) is 4.90 Å². The van der Waals surface area contributed by atoms with Crippen LogP contribution in [-0.4, -0.2) is 65.9 Å². The van der Waals surface area contributed by atoms with Crippen LogP contribution in [0.1, 0.15) is 5.56 Å². The number of nitro benzene ring substituents is 1. The van der Waals surface area contributed by atoms with Crippen LogP contribution in [0.5, 0.6) is 5.75 Å². The van der Waals surface area contributed by atoms with Crippen molar-refractivity contribution in [3.05, 3.63) is 64.0 Å². The largest absolute Gasteiger partial charge is 0.477 e. The molecule has 182 valence electrons. The Balaban J connectivity index is 1.48. The first-order chi connectivity index (χ1) is 16.0. The van der Waals surface area contributed by atoms with Crippen molar-refractivity contribution in [2.24, 2.45) is 0 Å². The highest BCUT2D eigenvalue weighted by molar-refractivity contribution is 5.93. The number of hydrogen-bond acceptors (Lipinski definition) is 6. The molecule has 2 aromatic carbocycles. The van der Waals surface area contributed by atoms with Gasteiger partial charge in [0.15, 0.2) is 6.61 Å². The molecule has 0 bridgehead atoms. The van der Waals surface area contributed by atoms with Crippen molar-refractivity contribution in [3.63, 3.8) is 0 Å². The molecule has 3 rings (SSSR count). The Hall–Kier alpha value is -3.74. The number of nitro groups is 1. The molecule has 0 saturated carbocycles. The van der Waals surface area contributed by atoms with Gasteiger partial charge in [-0.1, -0.05) is 12.1 Å². The molecular weight excluding hydrogens is 464 g/mol. The quantitative estimate of drug-likeness (QED) is 0.368. The second kappa shape index (κ2) is 10.5. The topological polar surface area (TPSA) is 105 Å². The van der Waals surface area contributed by atoms with Crippen LogP contribution in [0, 0.1) is 15.9 Å². The number of nitrogens with one attached hydrogen (secondary N) is 1. The summed E-state index contributed by atoms with van der Waals surface area (Å²) in [6.45, 7) is 0.263. The molecule has 0 unspecified atom stereocenters. The second-order valence-electron chi connectivity index (χ2n) is 7.41. The Bertz CT molecular complexity index is 1070. The summed E-state index contributed by atoms with van der Waals surface area (Å²) in [6.07, 6.45) is -4.61.